The van der Waals surface area contributed by atoms with Crippen molar-refractivity contribution in [1.29, 1.82) is 0 Å². The van der Waals surface area contributed by atoms with Crippen molar-refractivity contribution in [2.24, 2.45) is 0 Å². The van der Waals surface area contributed by atoms with Crippen molar-refractivity contribution in [3.05, 3.63) is 52.9 Å². The number of carbonyl (C=O) groups is 1. The summed E-state index contributed by atoms with van der Waals surface area (Å²) >= 11 is 0. The van der Waals surface area contributed by atoms with Gasteiger partial charge in [0.25, 0.3) is 5.91 Å². The van der Waals surface area contributed by atoms with Gasteiger partial charge in [-0.15, -0.1) is 5.10 Å². The summed E-state index contributed by atoms with van der Waals surface area (Å²) in [5.41, 5.74) is 5.15. The van der Waals surface area contributed by atoms with Gasteiger partial charge in [0.1, 0.15) is 0 Å². The van der Waals surface area contributed by atoms with Crippen LogP contribution in [0.1, 0.15) is 53.7 Å². The topological polar surface area (TPSA) is 59.8 Å². The van der Waals surface area contributed by atoms with Crippen molar-refractivity contribution in [1.82, 2.24) is 20.3 Å². The quantitative estimate of drug-likeness (QED) is 0.856. The highest BCUT2D eigenvalue weighted by molar-refractivity contribution is 5.91. The standard InChI is InChI=1S/C19H24N4O/c1-14-8-9-17(12-15(14)2)23-13-18(21-22-23)19(24)20-11-10-16-6-4-3-5-7-16/h6,8-9,12-13H,3-5,7,10-11H2,1-2H3,(H,20,24). The van der Waals surface area contributed by atoms with E-state index < -0.39 is 0 Å². The lowest BCUT2D eigenvalue weighted by Crippen LogP contribution is -2.25. The summed E-state index contributed by atoms with van der Waals surface area (Å²) in [6.45, 7) is 4.78. The Kier molecular flexibility index (Phi) is 5.08. The van der Waals surface area contributed by atoms with E-state index in [2.05, 4.69) is 35.6 Å². The molecule has 1 N–H and O–H groups in total. The number of hydrogen-bond acceptors (Lipinski definition) is 3. The summed E-state index contributed by atoms with van der Waals surface area (Å²) in [5.74, 6) is -0.165. The first-order chi connectivity index (χ1) is 11.6. The third kappa shape index (κ3) is 3.91. The number of hydrogen-bond donors (Lipinski definition) is 1. The Morgan fingerprint density at radius 2 is 2.12 bits per heavy atom. The largest absolute Gasteiger partial charge is 0.350 e. The fraction of sp³-hybridized carbons (Fsp3) is 0.421. The van der Waals surface area contributed by atoms with Gasteiger partial charge in [0.15, 0.2) is 5.69 Å². The van der Waals surface area contributed by atoms with Gasteiger partial charge in [-0.05, 0) is 69.2 Å². The van der Waals surface area contributed by atoms with Crippen molar-refractivity contribution >= 4 is 5.91 Å². The fourth-order valence-electron chi connectivity index (χ4n) is 2.92. The number of allylic oxidation sites excluding steroid dienone is 1. The lowest BCUT2D eigenvalue weighted by atomic mass is 9.97. The minimum atomic E-state index is -0.165. The SMILES string of the molecule is Cc1ccc(-n2cc(C(=O)NCCC3=CCCCC3)nn2)cc1C. The third-order valence-electron chi connectivity index (χ3n) is 4.60. The summed E-state index contributed by atoms with van der Waals surface area (Å²) in [7, 11) is 0. The van der Waals surface area contributed by atoms with E-state index in [0.29, 0.717) is 12.2 Å². The van der Waals surface area contributed by atoms with Crippen LogP contribution in [0.3, 0.4) is 0 Å². The highest BCUT2D eigenvalue weighted by Crippen LogP contribution is 2.19. The lowest BCUT2D eigenvalue weighted by Gasteiger charge is -2.12. The number of nitrogens with zero attached hydrogens (tertiary/aromatic N) is 3. The number of amides is 1. The first-order valence-electron chi connectivity index (χ1n) is 8.59. The van der Waals surface area contributed by atoms with Gasteiger partial charge in [-0.25, -0.2) is 4.68 Å². The highest BCUT2D eigenvalue weighted by Gasteiger charge is 2.12. The van der Waals surface area contributed by atoms with E-state index in [1.165, 1.54) is 42.4 Å². The predicted octanol–water partition coefficient (Wildman–Crippen LogP) is 3.50. The van der Waals surface area contributed by atoms with Crippen LogP contribution in [-0.2, 0) is 0 Å². The van der Waals surface area contributed by atoms with Crippen molar-refractivity contribution in [3.63, 3.8) is 0 Å². The summed E-state index contributed by atoms with van der Waals surface area (Å²) in [4.78, 5) is 12.2. The molecule has 0 spiro atoms. The molecule has 1 aromatic carbocycles. The second-order valence-corrected chi connectivity index (χ2v) is 6.43. The molecule has 1 aliphatic carbocycles. The summed E-state index contributed by atoms with van der Waals surface area (Å²) in [6.07, 6.45) is 9.82. The van der Waals surface area contributed by atoms with Crippen LogP contribution in [0.25, 0.3) is 5.69 Å². The van der Waals surface area contributed by atoms with Crippen molar-refractivity contribution in [3.8, 4) is 5.69 Å². The van der Waals surface area contributed by atoms with Gasteiger partial charge < -0.3 is 5.32 Å². The van der Waals surface area contributed by atoms with Gasteiger partial charge in [0.2, 0.25) is 0 Å². The Labute approximate surface area is 142 Å². The molecule has 3 rings (SSSR count). The van der Waals surface area contributed by atoms with Gasteiger partial charge in [-0.2, -0.15) is 0 Å². The molecule has 0 fully saturated rings. The van der Waals surface area contributed by atoms with E-state index in [1.54, 1.807) is 10.9 Å². The van der Waals surface area contributed by atoms with Gasteiger partial charge in [-0.3, -0.25) is 4.79 Å². The monoisotopic (exact) mass is 324 g/mol. The number of nitrogens with one attached hydrogen (secondary N) is 1. The van der Waals surface area contributed by atoms with Crippen LogP contribution >= 0.6 is 0 Å². The zero-order chi connectivity index (χ0) is 16.9. The molecule has 5 nitrogen and oxygen atoms in total. The fourth-order valence-corrected chi connectivity index (χ4v) is 2.92. The predicted molar refractivity (Wildman–Crippen MR) is 94.3 cm³/mol. The molecule has 5 heteroatoms. The molecule has 0 aliphatic heterocycles. The maximum Gasteiger partial charge on any atom is 0.273 e. The molecule has 0 unspecified atom stereocenters. The van der Waals surface area contributed by atoms with Crippen LogP contribution in [0.15, 0.2) is 36.0 Å². The molecule has 2 aromatic rings. The molecule has 24 heavy (non-hydrogen) atoms. The molecule has 1 heterocycles. The van der Waals surface area contributed by atoms with Gasteiger partial charge in [0.05, 0.1) is 11.9 Å². The Morgan fingerprint density at radius 3 is 2.88 bits per heavy atom. The zero-order valence-electron chi connectivity index (χ0n) is 14.4. The van der Waals surface area contributed by atoms with E-state index in [0.717, 1.165) is 12.1 Å². The average molecular weight is 324 g/mol. The van der Waals surface area contributed by atoms with Crippen LogP contribution in [0.2, 0.25) is 0 Å². The number of carbonyl (C=O) groups excluding carboxylic acids is 1. The molecular weight excluding hydrogens is 300 g/mol. The molecule has 1 amide bonds. The molecule has 126 valence electrons. The van der Waals surface area contributed by atoms with Crippen molar-refractivity contribution in [2.75, 3.05) is 6.54 Å². The maximum atomic E-state index is 12.2. The molecule has 0 radical (unpaired) electrons. The average Bonchev–Trinajstić information content (AvgIpc) is 3.08. The smallest absolute Gasteiger partial charge is 0.273 e. The minimum absolute atomic E-state index is 0.165. The molecule has 0 bridgehead atoms. The molecule has 0 saturated carbocycles. The van der Waals surface area contributed by atoms with Gasteiger partial charge >= 0.3 is 0 Å². The Morgan fingerprint density at radius 1 is 1.25 bits per heavy atom. The molecule has 1 aromatic heterocycles. The molecule has 1 aliphatic rings. The molecular formula is C19H24N4O. The summed E-state index contributed by atoms with van der Waals surface area (Å²) in [6, 6.07) is 6.07. The van der Waals surface area contributed by atoms with Crippen LogP contribution in [-0.4, -0.2) is 27.4 Å². The maximum absolute atomic E-state index is 12.2. The molecule has 0 saturated heterocycles. The zero-order valence-corrected chi connectivity index (χ0v) is 14.4. The van der Waals surface area contributed by atoms with Crippen molar-refractivity contribution < 1.29 is 4.79 Å². The second-order valence-electron chi connectivity index (χ2n) is 6.43. The minimum Gasteiger partial charge on any atom is -0.350 e. The van der Waals surface area contributed by atoms with Crippen LogP contribution in [0, 0.1) is 13.8 Å². The second kappa shape index (κ2) is 7.43. The van der Waals surface area contributed by atoms with E-state index in [1.807, 2.05) is 18.2 Å². The van der Waals surface area contributed by atoms with Crippen LogP contribution in [0.5, 0.6) is 0 Å². The van der Waals surface area contributed by atoms with E-state index in [4.69, 9.17) is 0 Å². The first-order valence-corrected chi connectivity index (χ1v) is 8.59. The van der Waals surface area contributed by atoms with E-state index in [9.17, 15) is 4.79 Å². The highest BCUT2D eigenvalue weighted by atomic mass is 16.2. The first kappa shape index (κ1) is 16.4. The van der Waals surface area contributed by atoms with Gasteiger partial charge in [0, 0.05) is 6.54 Å². The molecule has 0 atom stereocenters. The summed E-state index contributed by atoms with van der Waals surface area (Å²) < 4.78 is 1.64. The van der Waals surface area contributed by atoms with Crippen molar-refractivity contribution in [2.45, 2.75) is 46.0 Å². The van der Waals surface area contributed by atoms with Crippen LogP contribution < -0.4 is 5.32 Å². The van der Waals surface area contributed by atoms with Gasteiger partial charge in [-0.1, -0.05) is 22.9 Å². The Balaban J connectivity index is 1.59. The number of benzene rings is 1. The summed E-state index contributed by atoms with van der Waals surface area (Å²) in [5, 5.41) is 11.0. The lowest BCUT2D eigenvalue weighted by molar-refractivity contribution is 0.0949. The Bertz CT molecular complexity index is 760. The van der Waals surface area contributed by atoms with E-state index >= 15 is 0 Å². The van der Waals surface area contributed by atoms with E-state index in [-0.39, 0.29) is 5.91 Å². The number of rotatable bonds is 5. The third-order valence-corrected chi connectivity index (χ3v) is 4.60. The Hall–Kier alpha value is -2.43. The number of aromatic nitrogens is 3. The van der Waals surface area contributed by atoms with Crippen LogP contribution in [0.4, 0.5) is 0 Å². The number of aryl methyl sites for hydroxylation is 2. The normalized spacial score (nSPS) is 14.3.